The molecule has 0 saturated heterocycles. The van der Waals surface area contributed by atoms with Gasteiger partial charge in [-0.05, 0) is 48.4 Å². The van der Waals surface area contributed by atoms with E-state index in [9.17, 15) is 9.59 Å². The van der Waals surface area contributed by atoms with Crippen LogP contribution in [0, 0.1) is 0 Å². The Bertz CT molecular complexity index is 998. The van der Waals surface area contributed by atoms with Gasteiger partial charge in [0.15, 0.2) is 6.10 Å². The molecule has 6 heteroatoms. The summed E-state index contributed by atoms with van der Waals surface area (Å²) in [6.45, 7) is 2.06. The fourth-order valence-corrected chi connectivity index (χ4v) is 2.80. The topological polar surface area (TPSA) is 71.1 Å². The highest BCUT2D eigenvalue weighted by atomic mass is 16.6. The van der Waals surface area contributed by atoms with Crippen molar-refractivity contribution in [2.75, 3.05) is 20.3 Å². The average molecular weight is 420 g/mol. The van der Waals surface area contributed by atoms with Gasteiger partial charge in [0.05, 0.1) is 12.2 Å². The average Bonchev–Trinajstić information content (AvgIpc) is 2.80. The maximum atomic E-state index is 12.4. The van der Waals surface area contributed by atoms with E-state index in [2.05, 4.69) is 0 Å². The van der Waals surface area contributed by atoms with Crippen LogP contribution in [0.4, 0.5) is 0 Å². The number of esters is 2. The second-order valence-electron chi connectivity index (χ2n) is 6.73. The van der Waals surface area contributed by atoms with Gasteiger partial charge in [0.2, 0.25) is 0 Å². The molecule has 3 rings (SSSR count). The molecule has 0 aliphatic rings. The summed E-state index contributed by atoms with van der Waals surface area (Å²) in [5.74, 6) is -0.296. The Labute approximate surface area is 181 Å². The first-order valence-electron chi connectivity index (χ1n) is 9.87. The van der Waals surface area contributed by atoms with Gasteiger partial charge in [0.25, 0.3) is 0 Å². The number of ether oxygens (including phenoxy) is 4. The molecule has 0 aliphatic heterocycles. The quantitative estimate of drug-likeness (QED) is 0.288. The van der Waals surface area contributed by atoms with Crippen LogP contribution in [0.3, 0.4) is 0 Å². The molecule has 0 bridgehead atoms. The third-order valence-electron chi connectivity index (χ3n) is 4.42. The van der Waals surface area contributed by atoms with Crippen LogP contribution in [0.5, 0.6) is 11.5 Å². The van der Waals surface area contributed by atoms with E-state index in [1.54, 1.807) is 25.1 Å². The molecule has 31 heavy (non-hydrogen) atoms. The third kappa shape index (κ3) is 6.42. The Morgan fingerprint density at radius 3 is 2.23 bits per heavy atom. The van der Waals surface area contributed by atoms with Crippen molar-refractivity contribution in [1.29, 1.82) is 0 Å². The predicted octanol–water partition coefficient (Wildman–Crippen LogP) is 4.53. The first-order chi connectivity index (χ1) is 15.1. The Morgan fingerprint density at radius 2 is 1.52 bits per heavy atom. The van der Waals surface area contributed by atoms with Gasteiger partial charge in [-0.25, -0.2) is 9.59 Å². The number of benzene rings is 3. The highest BCUT2D eigenvalue weighted by molar-refractivity contribution is 5.90. The number of rotatable bonds is 9. The molecule has 0 saturated carbocycles. The minimum Gasteiger partial charge on any atom is -0.479 e. The van der Waals surface area contributed by atoms with Crippen LogP contribution in [0.2, 0.25) is 0 Å². The van der Waals surface area contributed by atoms with Gasteiger partial charge in [0.1, 0.15) is 18.1 Å². The first kappa shape index (κ1) is 22.1. The smallest absolute Gasteiger partial charge is 0.352 e. The van der Waals surface area contributed by atoms with Crippen molar-refractivity contribution < 1.29 is 28.5 Å². The van der Waals surface area contributed by atoms with E-state index in [4.69, 9.17) is 18.9 Å². The molecule has 0 aromatic heterocycles. The van der Waals surface area contributed by atoms with Gasteiger partial charge in [-0.15, -0.1) is 0 Å². The predicted molar refractivity (Wildman–Crippen MR) is 116 cm³/mol. The molecule has 0 aliphatic carbocycles. The van der Waals surface area contributed by atoms with Gasteiger partial charge in [0, 0.05) is 7.11 Å². The molecule has 3 aromatic carbocycles. The monoisotopic (exact) mass is 420 g/mol. The lowest BCUT2D eigenvalue weighted by molar-refractivity contribution is -0.141. The summed E-state index contributed by atoms with van der Waals surface area (Å²) in [6, 6.07) is 23.7. The lowest BCUT2D eigenvalue weighted by Crippen LogP contribution is -2.28. The van der Waals surface area contributed by atoms with Crippen molar-refractivity contribution in [2.45, 2.75) is 13.0 Å². The van der Waals surface area contributed by atoms with Crippen LogP contribution < -0.4 is 9.47 Å². The van der Waals surface area contributed by atoms with E-state index < -0.39 is 18.0 Å². The fourth-order valence-electron chi connectivity index (χ4n) is 2.80. The largest absolute Gasteiger partial charge is 0.479 e. The van der Waals surface area contributed by atoms with Crippen molar-refractivity contribution in [3.05, 3.63) is 84.4 Å². The molecule has 3 aromatic rings. The highest BCUT2D eigenvalue weighted by Crippen LogP contribution is 2.23. The van der Waals surface area contributed by atoms with Crippen LogP contribution >= 0.6 is 0 Å². The van der Waals surface area contributed by atoms with E-state index >= 15 is 0 Å². The molecule has 0 N–H and O–H groups in total. The van der Waals surface area contributed by atoms with Crippen molar-refractivity contribution in [3.63, 3.8) is 0 Å². The van der Waals surface area contributed by atoms with Crippen molar-refractivity contribution >= 4 is 11.9 Å². The number of carbonyl (C=O) groups excluding carboxylic acids is 2. The second-order valence-corrected chi connectivity index (χ2v) is 6.73. The van der Waals surface area contributed by atoms with Gasteiger partial charge in [-0.1, -0.05) is 48.5 Å². The molecule has 0 heterocycles. The van der Waals surface area contributed by atoms with Crippen LogP contribution in [-0.4, -0.2) is 38.4 Å². The van der Waals surface area contributed by atoms with E-state index in [-0.39, 0.29) is 17.9 Å². The lowest BCUT2D eigenvalue weighted by Gasteiger charge is -2.14. The standard InChI is InChI=1S/C25H24O6/c1-18(30-22-13-11-20(12-14-22)19-7-4-3-5-8-19)24(26)31-23-10-6-9-21(17-23)25(27)29-16-15-28-2/h3-14,17-18H,15-16H2,1-2H3. The fraction of sp³-hybridized carbons (Fsp3) is 0.200. The van der Waals surface area contributed by atoms with E-state index in [0.29, 0.717) is 12.4 Å². The normalized spacial score (nSPS) is 11.4. The zero-order valence-electron chi connectivity index (χ0n) is 17.4. The molecule has 0 amide bonds. The van der Waals surface area contributed by atoms with E-state index in [1.165, 1.54) is 13.2 Å². The minimum atomic E-state index is -0.833. The molecule has 0 radical (unpaired) electrons. The van der Waals surface area contributed by atoms with Crippen LogP contribution in [-0.2, 0) is 14.3 Å². The molecule has 6 nitrogen and oxygen atoms in total. The number of hydrogen-bond donors (Lipinski definition) is 0. The number of hydrogen-bond acceptors (Lipinski definition) is 6. The van der Waals surface area contributed by atoms with E-state index in [1.807, 2.05) is 54.6 Å². The zero-order chi connectivity index (χ0) is 22.1. The van der Waals surface area contributed by atoms with Crippen molar-refractivity contribution in [3.8, 4) is 22.6 Å². The Hall–Kier alpha value is -3.64. The van der Waals surface area contributed by atoms with Crippen molar-refractivity contribution in [1.82, 2.24) is 0 Å². The molecule has 160 valence electrons. The second kappa shape index (κ2) is 10.9. The lowest BCUT2D eigenvalue weighted by atomic mass is 10.1. The molecule has 1 atom stereocenters. The molecule has 0 spiro atoms. The third-order valence-corrected chi connectivity index (χ3v) is 4.42. The highest BCUT2D eigenvalue weighted by Gasteiger charge is 2.18. The van der Waals surface area contributed by atoms with Gasteiger partial charge >= 0.3 is 11.9 Å². The SMILES string of the molecule is COCCOC(=O)c1cccc(OC(=O)C(C)Oc2ccc(-c3ccccc3)cc2)c1. The molecular weight excluding hydrogens is 396 g/mol. The van der Waals surface area contributed by atoms with Crippen LogP contribution in [0.25, 0.3) is 11.1 Å². The Kier molecular flexibility index (Phi) is 7.79. The van der Waals surface area contributed by atoms with Gasteiger partial charge in [-0.2, -0.15) is 0 Å². The minimum absolute atomic E-state index is 0.146. The summed E-state index contributed by atoms with van der Waals surface area (Å²) in [5, 5.41) is 0. The number of carbonyl (C=O) groups is 2. The first-order valence-corrected chi connectivity index (χ1v) is 9.87. The molecule has 1 unspecified atom stereocenters. The Morgan fingerprint density at radius 1 is 0.806 bits per heavy atom. The molecular formula is C25H24O6. The molecule has 0 fully saturated rings. The van der Waals surface area contributed by atoms with Crippen LogP contribution in [0.15, 0.2) is 78.9 Å². The Balaban J connectivity index is 1.57. The summed E-state index contributed by atoms with van der Waals surface area (Å²) in [7, 11) is 1.52. The maximum absolute atomic E-state index is 12.4. The summed E-state index contributed by atoms with van der Waals surface area (Å²) in [6.07, 6.45) is -0.833. The summed E-state index contributed by atoms with van der Waals surface area (Å²) >= 11 is 0. The summed E-state index contributed by atoms with van der Waals surface area (Å²) in [5.41, 5.74) is 2.44. The summed E-state index contributed by atoms with van der Waals surface area (Å²) < 4.78 is 21.0. The number of methoxy groups -OCH3 is 1. The van der Waals surface area contributed by atoms with Gasteiger partial charge in [-0.3, -0.25) is 0 Å². The maximum Gasteiger partial charge on any atom is 0.352 e. The summed E-state index contributed by atoms with van der Waals surface area (Å²) in [4.78, 5) is 24.4. The van der Waals surface area contributed by atoms with Crippen LogP contribution in [0.1, 0.15) is 17.3 Å². The zero-order valence-corrected chi connectivity index (χ0v) is 17.4. The van der Waals surface area contributed by atoms with Gasteiger partial charge < -0.3 is 18.9 Å². The van der Waals surface area contributed by atoms with E-state index in [0.717, 1.165) is 11.1 Å². The van der Waals surface area contributed by atoms with Crippen molar-refractivity contribution in [2.24, 2.45) is 0 Å².